The topological polar surface area (TPSA) is 72.7 Å². The summed E-state index contributed by atoms with van der Waals surface area (Å²) in [6.45, 7) is 0. The lowest BCUT2D eigenvalue weighted by atomic mass is 10.2. The van der Waals surface area contributed by atoms with Crippen LogP contribution in [0.25, 0.3) is 11.0 Å². The van der Waals surface area contributed by atoms with Crippen molar-refractivity contribution in [2.24, 2.45) is 7.05 Å². The summed E-state index contributed by atoms with van der Waals surface area (Å²) in [5.74, 6) is 0.186. The summed E-state index contributed by atoms with van der Waals surface area (Å²) in [6.07, 6.45) is 1.48. The van der Waals surface area contributed by atoms with Crippen LogP contribution in [0.1, 0.15) is 10.4 Å². The van der Waals surface area contributed by atoms with Crippen molar-refractivity contribution in [1.82, 2.24) is 20.0 Å². The number of aryl methyl sites for hydroxylation is 1. The molecule has 3 aromatic rings. The Balaban J connectivity index is 1.86. The van der Waals surface area contributed by atoms with Crippen LogP contribution in [0.15, 0.2) is 36.5 Å². The molecule has 1 aromatic carbocycles. The molecule has 0 radical (unpaired) electrons. The standard InChI is InChI=1S/C13H10ClN5O/c1-19-11-4-2-8(6-10(11)17-18-19)13(20)16-12-5-3-9(14)7-15-12/h2-7H,1H3,(H,15,16,20). The highest BCUT2D eigenvalue weighted by Crippen LogP contribution is 2.15. The molecule has 0 unspecified atom stereocenters. The van der Waals surface area contributed by atoms with Crippen LogP contribution in [0.3, 0.4) is 0 Å². The van der Waals surface area contributed by atoms with Gasteiger partial charge in [-0.2, -0.15) is 0 Å². The van der Waals surface area contributed by atoms with Crippen LogP contribution in [-0.2, 0) is 7.05 Å². The molecule has 0 fully saturated rings. The number of anilines is 1. The number of benzene rings is 1. The van der Waals surface area contributed by atoms with Crippen molar-refractivity contribution < 1.29 is 4.79 Å². The van der Waals surface area contributed by atoms with E-state index in [1.54, 1.807) is 42.1 Å². The number of nitrogens with one attached hydrogen (secondary N) is 1. The number of hydrogen-bond donors (Lipinski definition) is 1. The van der Waals surface area contributed by atoms with Gasteiger partial charge in [0, 0.05) is 18.8 Å². The Kier molecular flexibility index (Phi) is 3.08. The molecule has 6 nitrogen and oxygen atoms in total. The SMILES string of the molecule is Cn1nnc2cc(C(=O)Nc3ccc(Cl)cn3)ccc21. The zero-order valence-corrected chi connectivity index (χ0v) is 11.3. The second-order valence-corrected chi connectivity index (χ2v) is 4.67. The summed E-state index contributed by atoms with van der Waals surface area (Å²) in [5.41, 5.74) is 2.03. The molecular weight excluding hydrogens is 278 g/mol. The lowest BCUT2D eigenvalue weighted by Crippen LogP contribution is -2.12. The van der Waals surface area contributed by atoms with Gasteiger partial charge >= 0.3 is 0 Å². The molecule has 100 valence electrons. The third-order valence-corrected chi connectivity index (χ3v) is 3.07. The highest BCUT2D eigenvalue weighted by molar-refractivity contribution is 6.30. The predicted octanol–water partition coefficient (Wildman–Crippen LogP) is 2.27. The largest absolute Gasteiger partial charge is 0.307 e. The fourth-order valence-electron chi connectivity index (χ4n) is 1.82. The summed E-state index contributed by atoms with van der Waals surface area (Å²) in [5, 5.41) is 11.1. The summed E-state index contributed by atoms with van der Waals surface area (Å²) >= 11 is 5.74. The van der Waals surface area contributed by atoms with E-state index in [0.717, 1.165) is 5.52 Å². The number of pyridine rings is 1. The molecule has 0 atom stereocenters. The van der Waals surface area contributed by atoms with Crippen molar-refractivity contribution in [3.05, 3.63) is 47.1 Å². The maximum atomic E-state index is 12.1. The maximum Gasteiger partial charge on any atom is 0.256 e. The summed E-state index contributed by atoms with van der Waals surface area (Å²) in [4.78, 5) is 16.1. The number of fused-ring (bicyclic) bond motifs is 1. The van der Waals surface area contributed by atoms with E-state index in [1.165, 1.54) is 6.20 Å². The Morgan fingerprint density at radius 1 is 1.30 bits per heavy atom. The third kappa shape index (κ3) is 2.33. The lowest BCUT2D eigenvalue weighted by Gasteiger charge is -2.04. The fourth-order valence-corrected chi connectivity index (χ4v) is 1.93. The Morgan fingerprint density at radius 2 is 2.15 bits per heavy atom. The van der Waals surface area contributed by atoms with E-state index in [9.17, 15) is 4.79 Å². The van der Waals surface area contributed by atoms with Crippen molar-refractivity contribution >= 4 is 34.4 Å². The molecule has 0 aliphatic rings. The normalized spacial score (nSPS) is 10.7. The minimum atomic E-state index is -0.257. The molecule has 2 heterocycles. The molecule has 0 spiro atoms. The van der Waals surface area contributed by atoms with Crippen LogP contribution in [0.4, 0.5) is 5.82 Å². The van der Waals surface area contributed by atoms with E-state index < -0.39 is 0 Å². The van der Waals surface area contributed by atoms with Crippen LogP contribution >= 0.6 is 11.6 Å². The predicted molar refractivity (Wildman–Crippen MR) is 75.7 cm³/mol. The molecule has 0 aliphatic carbocycles. The second-order valence-electron chi connectivity index (χ2n) is 4.23. The Hall–Kier alpha value is -2.47. The van der Waals surface area contributed by atoms with Gasteiger partial charge in [-0.25, -0.2) is 9.67 Å². The first-order chi connectivity index (χ1) is 9.63. The van der Waals surface area contributed by atoms with E-state index in [-0.39, 0.29) is 5.91 Å². The number of amides is 1. The zero-order chi connectivity index (χ0) is 14.1. The Morgan fingerprint density at radius 3 is 2.90 bits per heavy atom. The number of carbonyl (C=O) groups excluding carboxylic acids is 1. The minimum Gasteiger partial charge on any atom is -0.307 e. The molecule has 0 bridgehead atoms. The monoisotopic (exact) mass is 287 g/mol. The molecule has 0 saturated heterocycles. The van der Waals surface area contributed by atoms with Gasteiger partial charge in [0.2, 0.25) is 0 Å². The van der Waals surface area contributed by atoms with Gasteiger partial charge in [0.1, 0.15) is 11.3 Å². The van der Waals surface area contributed by atoms with Crippen LogP contribution in [0, 0.1) is 0 Å². The zero-order valence-electron chi connectivity index (χ0n) is 10.5. The molecule has 0 aliphatic heterocycles. The first kappa shape index (κ1) is 12.6. The molecule has 1 amide bonds. The van der Waals surface area contributed by atoms with Gasteiger partial charge < -0.3 is 5.32 Å². The second kappa shape index (κ2) is 4.90. The van der Waals surface area contributed by atoms with Crippen molar-refractivity contribution in [1.29, 1.82) is 0 Å². The first-order valence-electron chi connectivity index (χ1n) is 5.86. The lowest BCUT2D eigenvalue weighted by molar-refractivity contribution is 0.102. The van der Waals surface area contributed by atoms with Crippen LogP contribution < -0.4 is 5.32 Å². The maximum absolute atomic E-state index is 12.1. The number of aromatic nitrogens is 4. The third-order valence-electron chi connectivity index (χ3n) is 2.84. The summed E-state index contributed by atoms with van der Waals surface area (Å²) in [7, 11) is 1.80. The van der Waals surface area contributed by atoms with E-state index in [2.05, 4.69) is 20.6 Å². The molecular formula is C13H10ClN5O. The summed E-state index contributed by atoms with van der Waals surface area (Å²) in [6, 6.07) is 8.52. The van der Waals surface area contributed by atoms with Gasteiger partial charge in [-0.15, -0.1) is 5.10 Å². The quantitative estimate of drug-likeness (QED) is 0.785. The molecule has 3 rings (SSSR count). The van der Waals surface area contributed by atoms with E-state index in [0.29, 0.717) is 21.9 Å². The van der Waals surface area contributed by atoms with Crippen LogP contribution in [-0.4, -0.2) is 25.9 Å². The highest BCUT2D eigenvalue weighted by atomic mass is 35.5. The number of carbonyl (C=O) groups is 1. The molecule has 1 N–H and O–H groups in total. The van der Waals surface area contributed by atoms with Crippen LogP contribution in [0.2, 0.25) is 5.02 Å². The van der Waals surface area contributed by atoms with Crippen LogP contribution in [0.5, 0.6) is 0 Å². The van der Waals surface area contributed by atoms with Gasteiger partial charge in [0.05, 0.1) is 10.5 Å². The van der Waals surface area contributed by atoms with Gasteiger partial charge in [-0.05, 0) is 30.3 Å². The molecule has 2 aromatic heterocycles. The molecule has 20 heavy (non-hydrogen) atoms. The van der Waals surface area contributed by atoms with Gasteiger partial charge in [-0.1, -0.05) is 16.8 Å². The van der Waals surface area contributed by atoms with Gasteiger partial charge in [-0.3, -0.25) is 4.79 Å². The molecule has 7 heteroatoms. The first-order valence-corrected chi connectivity index (χ1v) is 6.23. The highest BCUT2D eigenvalue weighted by Gasteiger charge is 2.09. The van der Waals surface area contributed by atoms with Crippen molar-refractivity contribution in [3.63, 3.8) is 0 Å². The number of hydrogen-bond acceptors (Lipinski definition) is 4. The van der Waals surface area contributed by atoms with Crippen molar-refractivity contribution in [2.75, 3.05) is 5.32 Å². The van der Waals surface area contributed by atoms with E-state index >= 15 is 0 Å². The number of rotatable bonds is 2. The Labute approximate surface area is 119 Å². The average molecular weight is 288 g/mol. The van der Waals surface area contributed by atoms with Gasteiger partial charge in [0.15, 0.2) is 0 Å². The minimum absolute atomic E-state index is 0.257. The summed E-state index contributed by atoms with van der Waals surface area (Å²) < 4.78 is 1.65. The molecule has 0 saturated carbocycles. The van der Waals surface area contributed by atoms with Crippen molar-refractivity contribution in [3.8, 4) is 0 Å². The Bertz CT molecular complexity index is 781. The van der Waals surface area contributed by atoms with E-state index in [1.807, 2.05) is 0 Å². The van der Waals surface area contributed by atoms with E-state index in [4.69, 9.17) is 11.6 Å². The smallest absolute Gasteiger partial charge is 0.256 e. The number of halogens is 1. The number of nitrogens with zero attached hydrogens (tertiary/aromatic N) is 4. The van der Waals surface area contributed by atoms with Gasteiger partial charge in [0.25, 0.3) is 5.91 Å². The average Bonchev–Trinajstić information content (AvgIpc) is 2.82. The fraction of sp³-hybridized carbons (Fsp3) is 0.0769. The van der Waals surface area contributed by atoms with Crippen molar-refractivity contribution in [2.45, 2.75) is 0 Å².